The molecule has 1 atom stereocenters. The van der Waals surface area contributed by atoms with Crippen LogP contribution in [0.4, 0.5) is 0 Å². The number of carbonyl (C=O) groups excluding carboxylic acids is 1. The molecule has 0 saturated heterocycles. The number of rotatable bonds is 7. The normalized spacial score (nSPS) is 16.2. The van der Waals surface area contributed by atoms with Crippen molar-refractivity contribution in [3.63, 3.8) is 0 Å². The first-order chi connectivity index (χ1) is 12.5. The molecule has 1 unspecified atom stereocenters. The Balaban J connectivity index is 1.81. The first kappa shape index (κ1) is 19.2. The van der Waals surface area contributed by atoms with Crippen LogP contribution in [-0.4, -0.2) is 34.0 Å². The van der Waals surface area contributed by atoms with Gasteiger partial charge in [-0.25, -0.2) is 0 Å². The summed E-state index contributed by atoms with van der Waals surface area (Å²) in [6, 6.07) is 9.00. The fourth-order valence-corrected chi connectivity index (χ4v) is 3.58. The number of aliphatic hydroxyl groups is 1. The molecule has 1 aromatic carbocycles. The van der Waals surface area contributed by atoms with E-state index in [9.17, 15) is 9.90 Å². The monoisotopic (exact) mass is 392 g/mol. The first-order valence-electron chi connectivity index (χ1n) is 8.81. The molecule has 0 bridgehead atoms. The maximum absolute atomic E-state index is 13.3. The SMILES string of the molecule is CCCN(CC(O)c1cccnc1)C(=O)C1(c2ccc(Cl)c(Cl)c2)CC1. The molecule has 1 aromatic heterocycles. The second-order valence-electron chi connectivity index (χ2n) is 6.76. The third kappa shape index (κ3) is 3.88. The summed E-state index contributed by atoms with van der Waals surface area (Å²) >= 11 is 12.2. The predicted octanol–water partition coefficient (Wildman–Crippen LogP) is 4.39. The highest BCUT2D eigenvalue weighted by atomic mass is 35.5. The number of carbonyl (C=O) groups is 1. The van der Waals surface area contributed by atoms with Crippen LogP contribution in [0.5, 0.6) is 0 Å². The molecule has 0 radical (unpaired) electrons. The molecule has 2 aromatic rings. The molecule has 138 valence electrons. The number of halogens is 2. The van der Waals surface area contributed by atoms with E-state index in [4.69, 9.17) is 23.2 Å². The highest BCUT2D eigenvalue weighted by Gasteiger charge is 2.53. The van der Waals surface area contributed by atoms with E-state index in [1.54, 1.807) is 35.5 Å². The molecule has 1 heterocycles. The lowest BCUT2D eigenvalue weighted by Gasteiger charge is -2.29. The third-order valence-corrected chi connectivity index (χ3v) is 5.61. The van der Waals surface area contributed by atoms with Gasteiger partial charge in [-0.2, -0.15) is 0 Å². The Morgan fingerprint density at radius 2 is 2.08 bits per heavy atom. The number of pyridine rings is 1. The smallest absolute Gasteiger partial charge is 0.233 e. The highest BCUT2D eigenvalue weighted by Crippen LogP contribution is 2.50. The molecule has 1 saturated carbocycles. The van der Waals surface area contributed by atoms with Gasteiger partial charge in [0.15, 0.2) is 0 Å². The van der Waals surface area contributed by atoms with Crippen LogP contribution < -0.4 is 0 Å². The number of aliphatic hydroxyl groups excluding tert-OH is 1. The maximum Gasteiger partial charge on any atom is 0.233 e. The molecule has 0 aliphatic heterocycles. The molecular formula is C20H22Cl2N2O2. The Bertz CT molecular complexity index is 779. The van der Waals surface area contributed by atoms with E-state index >= 15 is 0 Å². The standard InChI is InChI=1S/C20H22Cl2N2O2/c1-2-10-24(13-18(25)14-4-3-9-23-12-14)19(26)20(7-8-20)15-5-6-16(21)17(22)11-15/h3-6,9,11-12,18,25H,2,7-8,10,13H2,1H3. The maximum atomic E-state index is 13.3. The second kappa shape index (κ2) is 7.95. The van der Waals surface area contributed by atoms with Crippen LogP contribution in [0.15, 0.2) is 42.7 Å². The zero-order valence-corrected chi connectivity index (χ0v) is 16.2. The number of hydrogen-bond acceptors (Lipinski definition) is 3. The van der Waals surface area contributed by atoms with E-state index in [0.29, 0.717) is 22.2 Å². The minimum Gasteiger partial charge on any atom is -0.386 e. The van der Waals surface area contributed by atoms with Gasteiger partial charge in [0, 0.05) is 24.5 Å². The zero-order chi connectivity index (χ0) is 18.7. The van der Waals surface area contributed by atoms with Crippen molar-refractivity contribution in [1.29, 1.82) is 0 Å². The van der Waals surface area contributed by atoms with Crippen LogP contribution >= 0.6 is 23.2 Å². The van der Waals surface area contributed by atoms with Crippen LogP contribution in [0.3, 0.4) is 0 Å². The molecule has 1 amide bonds. The van der Waals surface area contributed by atoms with Gasteiger partial charge < -0.3 is 10.0 Å². The van der Waals surface area contributed by atoms with Gasteiger partial charge in [-0.3, -0.25) is 9.78 Å². The molecule has 1 N–H and O–H groups in total. The predicted molar refractivity (Wildman–Crippen MR) is 103 cm³/mol. The van der Waals surface area contributed by atoms with Gasteiger partial charge >= 0.3 is 0 Å². The van der Waals surface area contributed by atoms with Crippen molar-refractivity contribution in [2.45, 2.75) is 37.7 Å². The Morgan fingerprint density at radius 3 is 2.65 bits per heavy atom. The number of benzene rings is 1. The molecular weight excluding hydrogens is 371 g/mol. The molecule has 1 fully saturated rings. The average molecular weight is 393 g/mol. The number of nitrogens with zero attached hydrogens (tertiary/aromatic N) is 2. The first-order valence-corrected chi connectivity index (χ1v) is 9.56. The van der Waals surface area contributed by atoms with E-state index < -0.39 is 11.5 Å². The molecule has 1 aliphatic rings. The van der Waals surface area contributed by atoms with E-state index in [1.807, 2.05) is 19.1 Å². The van der Waals surface area contributed by atoms with Crippen molar-refractivity contribution in [2.75, 3.05) is 13.1 Å². The van der Waals surface area contributed by atoms with Crippen LogP contribution in [0, 0.1) is 0 Å². The summed E-state index contributed by atoms with van der Waals surface area (Å²) < 4.78 is 0. The van der Waals surface area contributed by atoms with Crippen LogP contribution in [0.2, 0.25) is 10.0 Å². The van der Waals surface area contributed by atoms with Crippen LogP contribution in [0.25, 0.3) is 0 Å². The van der Waals surface area contributed by atoms with Crippen LogP contribution in [0.1, 0.15) is 43.4 Å². The number of amides is 1. The van der Waals surface area contributed by atoms with E-state index in [-0.39, 0.29) is 12.5 Å². The highest BCUT2D eigenvalue weighted by molar-refractivity contribution is 6.42. The summed E-state index contributed by atoms with van der Waals surface area (Å²) in [5.41, 5.74) is 1.06. The summed E-state index contributed by atoms with van der Waals surface area (Å²) in [5.74, 6) is 0.0423. The third-order valence-electron chi connectivity index (χ3n) is 4.87. The lowest BCUT2D eigenvalue weighted by atomic mass is 9.94. The molecule has 6 heteroatoms. The van der Waals surface area contributed by atoms with Gasteiger partial charge in [0.1, 0.15) is 0 Å². The summed E-state index contributed by atoms with van der Waals surface area (Å²) in [5, 5.41) is 11.5. The minimum atomic E-state index is -0.760. The largest absolute Gasteiger partial charge is 0.386 e. The van der Waals surface area contributed by atoms with E-state index in [2.05, 4.69) is 4.98 Å². The van der Waals surface area contributed by atoms with Gasteiger partial charge in [-0.1, -0.05) is 42.3 Å². The van der Waals surface area contributed by atoms with Gasteiger partial charge in [0.2, 0.25) is 5.91 Å². The number of aromatic nitrogens is 1. The Hall–Kier alpha value is -1.62. The topological polar surface area (TPSA) is 53.4 Å². The summed E-state index contributed by atoms with van der Waals surface area (Å²) in [4.78, 5) is 19.1. The van der Waals surface area contributed by atoms with Crippen molar-refractivity contribution in [3.8, 4) is 0 Å². The summed E-state index contributed by atoms with van der Waals surface area (Å²) in [6.45, 7) is 2.87. The molecule has 4 nitrogen and oxygen atoms in total. The van der Waals surface area contributed by atoms with E-state index in [1.165, 1.54) is 0 Å². The summed E-state index contributed by atoms with van der Waals surface area (Å²) in [6.07, 6.45) is 4.92. The summed E-state index contributed by atoms with van der Waals surface area (Å²) in [7, 11) is 0. The fourth-order valence-electron chi connectivity index (χ4n) is 3.28. The van der Waals surface area contributed by atoms with Crippen molar-refractivity contribution < 1.29 is 9.90 Å². The Labute approximate surface area is 163 Å². The van der Waals surface area contributed by atoms with Crippen molar-refractivity contribution >= 4 is 29.1 Å². The average Bonchev–Trinajstić information content (AvgIpc) is 3.45. The van der Waals surface area contributed by atoms with E-state index in [0.717, 1.165) is 24.8 Å². The lowest BCUT2D eigenvalue weighted by Crippen LogP contribution is -2.42. The van der Waals surface area contributed by atoms with Crippen molar-refractivity contribution in [2.24, 2.45) is 0 Å². The second-order valence-corrected chi connectivity index (χ2v) is 7.58. The Morgan fingerprint density at radius 1 is 1.31 bits per heavy atom. The molecule has 26 heavy (non-hydrogen) atoms. The minimum absolute atomic E-state index is 0.0423. The van der Waals surface area contributed by atoms with Gasteiger partial charge in [0.05, 0.1) is 28.1 Å². The van der Waals surface area contributed by atoms with Gasteiger partial charge in [-0.15, -0.1) is 0 Å². The molecule has 1 aliphatic carbocycles. The Kier molecular flexibility index (Phi) is 5.86. The van der Waals surface area contributed by atoms with Gasteiger partial charge in [-0.05, 0) is 43.0 Å². The molecule has 0 spiro atoms. The van der Waals surface area contributed by atoms with Crippen molar-refractivity contribution in [3.05, 3.63) is 63.9 Å². The fraction of sp³-hybridized carbons (Fsp3) is 0.400. The van der Waals surface area contributed by atoms with Crippen molar-refractivity contribution in [1.82, 2.24) is 9.88 Å². The van der Waals surface area contributed by atoms with Gasteiger partial charge in [0.25, 0.3) is 0 Å². The van der Waals surface area contributed by atoms with Crippen LogP contribution in [-0.2, 0) is 10.2 Å². The number of hydrogen-bond donors (Lipinski definition) is 1. The quantitative estimate of drug-likeness (QED) is 0.759. The lowest BCUT2D eigenvalue weighted by molar-refractivity contribution is -0.135. The molecule has 3 rings (SSSR count). The zero-order valence-electron chi connectivity index (χ0n) is 14.7.